The van der Waals surface area contributed by atoms with Gasteiger partial charge < -0.3 is 10.1 Å². The number of thiophene rings is 1. The number of methoxy groups -OCH3 is 1. The molecule has 160 valence electrons. The first-order valence-corrected chi connectivity index (χ1v) is 11.1. The van der Waals surface area contributed by atoms with E-state index in [1.165, 1.54) is 34.8 Å². The van der Waals surface area contributed by atoms with Gasteiger partial charge >= 0.3 is 0 Å². The monoisotopic (exact) mass is 465 g/mol. The second-order valence-electron chi connectivity index (χ2n) is 6.96. The van der Waals surface area contributed by atoms with E-state index in [0.29, 0.717) is 21.2 Å². The Hall–Kier alpha value is -3.83. The number of rotatable bonds is 5. The van der Waals surface area contributed by atoms with Crippen LogP contribution in [0.15, 0.2) is 48.5 Å². The Morgan fingerprint density at radius 1 is 1.12 bits per heavy atom. The summed E-state index contributed by atoms with van der Waals surface area (Å²) >= 11 is 2.71. The number of nitro groups is 1. The van der Waals surface area contributed by atoms with Crippen LogP contribution in [0.3, 0.4) is 0 Å². The van der Waals surface area contributed by atoms with Gasteiger partial charge in [0.25, 0.3) is 11.6 Å². The van der Waals surface area contributed by atoms with E-state index in [2.05, 4.69) is 15.4 Å². The molecule has 0 fully saturated rings. The highest BCUT2D eigenvalue weighted by molar-refractivity contribution is 7.21. The van der Waals surface area contributed by atoms with E-state index >= 15 is 0 Å². The smallest absolute Gasteiger partial charge is 0.270 e. The van der Waals surface area contributed by atoms with Gasteiger partial charge in [0.2, 0.25) is 5.13 Å². The van der Waals surface area contributed by atoms with E-state index in [9.17, 15) is 14.9 Å². The van der Waals surface area contributed by atoms with Gasteiger partial charge in [0, 0.05) is 28.3 Å². The summed E-state index contributed by atoms with van der Waals surface area (Å²) < 4.78 is 8.61. The standard InChI is InChI=1S/C21H15N5O4S2/c1-11-7-19(25(24-11)21-22-15-5-4-14(30-2)10-17(15)32-21)23-20(27)18-9-12-8-13(26(28)29)3-6-16(12)31-18/h3-10H,1-2H3,(H,23,27). The van der Waals surface area contributed by atoms with Crippen LogP contribution in [0.25, 0.3) is 25.4 Å². The number of anilines is 1. The maximum absolute atomic E-state index is 12.9. The van der Waals surface area contributed by atoms with E-state index in [1.54, 1.807) is 30.0 Å². The second-order valence-corrected chi connectivity index (χ2v) is 9.05. The molecule has 3 aromatic heterocycles. The average Bonchev–Trinajstić information content (AvgIpc) is 3.48. The molecule has 0 saturated carbocycles. The molecule has 0 bridgehead atoms. The lowest BCUT2D eigenvalue weighted by Crippen LogP contribution is -2.13. The lowest BCUT2D eigenvalue weighted by Gasteiger charge is -2.05. The van der Waals surface area contributed by atoms with Crippen LogP contribution in [0.1, 0.15) is 15.4 Å². The van der Waals surface area contributed by atoms with Gasteiger partial charge in [0.05, 0.1) is 32.8 Å². The summed E-state index contributed by atoms with van der Waals surface area (Å²) in [5.74, 6) is 0.905. The quantitative estimate of drug-likeness (QED) is 0.283. The lowest BCUT2D eigenvalue weighted by atomic mass is 10.2. The summed E-state index contributed by atoms with van der Waals surface area (Å²) in [6.07, 6.45) is 0. The van der Waals surface area contributed by atoms with Gasteiger partial charge in [-0.1, -0.05) is 11.3 Å². The first kappa shape index (κ1) is 20.1. The molecule has 9 nitrogen and oxygen atoms in total. The van der Waals surface area contributed by atoms with Crippen LogP contribution >= 0.6 is 22.7 Å². The fraction of sp³-hybridized carbons (Fsp3) is 0.0952. The number of ether oxygens (including phenoxy) is 1. The minimum atomic E-state index is -0.453. The normalized spacial score (nSPS) is 11.2. The number of aryl methyl sites for hydroxylation is 1. The number of nitro benzene ring substituents is 1. The third kappa shape index (κ3) is 3.57. The highest BCUT2D eigenvalue weighted by Crippen LogP contribution is 2.32. The SMILES string of the molecule is COc1ccc2nc(-n3nc(C)cc3NC(=O)c3cc4cc([N+](=O)[O-])ccc4s3)sc2c1. The van der Waals surface area contributed by atoms with Gasteiger partial charge in [0.15, 0.2) is 0 Å². The summed E-state index contributed by atoms with van der Waals surface area (Å²) in [5, 5.41) is 19.7. The van der Waals surface area contributed by atoms with Gasteiger partial charge in [-0.15, -0.1) is 11.3 Å². The molecule has 1 N–H and O–H groups in total. The van der Waals surface area contributed by atoms with Crippen molar-refractivity contribution < 1.29 is 14.5 Å². The average molecular weight is 466 g/mol. The molecule has 5 aromatic rings. The first-order valence-electron chi connectivity index (χ1n) is 9.42. The predicted octanol–water partition coefficient (Wildman–Crippen LogP) is 5.17. The maximum Gasteiger partial charge on any atom is 0.270 e. The number of hydrogen-bond donors (Lipinski definition) is 1. The molecule has 11 heteroatoms. The van der Waals surface area contributed by atoms with Crippen LogP contribution in [0, 0.1) is 17.0 Å². The molecule has 0 aliphatic carbocycles. The topological polar surface area (TPSA) is 112 Å². The summed E-state index contributed by atoms with van der Waals surface area (Å²) in [4.78, 5) is 28.6. The minimum Gasteiger partial charge on any atom is -0.497 e. The van der Waals surface area contributed by atoms with Gasteiger partial charge in [-0.2, -0.15) is 9.78 Å². The zero-order valence-corrected chi connectivity index (χ0v) is 18.5. The first-order chi connectivity index (χ1) is 15.4. The predicted molar refractivity (Wildman–Crippen MR) is 124 cm³/mol. The van der Waals surface area contributed by atoms with Crippen LogP contribution in [-0.2, 0) is 0 Å². The Labute approximate surface area is 189 Å². The summed E-state index contributed by atoms with van der Waals surface area (Å²) in [7, 11) is 1.61. The van der Waals surface area contributed by atoms with Crippen LogP contribution < -0.4 is 10.1 Å². The second kappa shape index (κ2) is 7.70. The molecular formula is C21H15N5O4S2. The molecule has 32 heavy (non-hydrogen) atoms. The van der Waals surface area contributed by atoms with Crippen molar-refractivity contribution in [2.24, 2.45) is 0 Å². The number of hydrogen-bond acceptors (Lipinski definition) is 8. The maximum atomic E-state index is 12.9. The largest absolute Gasteiger partial charge is 0.497 e. The van der Waals surface area contributed by atoms with Gasteiger partial charge in [-0.25, -0.2) is 4.98 Å². The van der Waals surface area contributed by atoms with Gasteiger partial charge in [-0.3, -0.25) is 14.9 Å². The zero-order chi connectivity index (χ0) is 22.4. The van der Waals surface area contributed by atoms with Crippen LogP contribution in [0.5, 0.6) is 5.75 Å². The van der Waals surface area contributed by atoms with Crippen molar-refractivity contribution in [1.29, 1.82) is 0 Å². The molecule has 0 unspecified atom stereocenters. The van der Waals surface area contributed by atoms with Crippen molar-refractivity contribution in [2.45, 2.75) is 6.92 Å². The molecule has 0 spiro atoms. The molecule has 5 rings (SSSR count). The molecule has 0 aliphatic rings. The van der Waals surface area contributed by atoms with Crippen LogP contribution in [0.2, 0.25) is 0 Å². The van der Waals surface area contributed by atoms with Crippen molar-refractivity contribution >= 4 is 60.4 Å². The number of non-ortho nitro benzene ring substituents is 1. The van der Waals surface area contributed by atoms with Gasteiger partial charge in [0.1, 0.15) is 11.6 Å². The number of carbonyl (C=O) groups excluding carboxylic acids is 1. The molecular weight excluding hydrogens is 450 g/mol. The number of thiazole rings is 1. The number of benzene rings is 2. The molecule has 0 atom stereocenters. The molecule has 0 radical (unpaired) electrons. The Balaban J connectivity index is 1.47. The summed E-state index contributed by atoms with van der Waals surface area (Å²) in [6.45, 7) is 1.83. The Morgan fingerprint density at radius 2 is 1.97 bits per heavy atom. The number of nitrogens with zero attached hydrogens (tertiary/aromatic N) is 4. The van der Waals surface area contributed by atoms with Crippen molar-refractivity contribution in [3.05, 3.63) is 69.2 Å². The highest BCUT2D eigenvalue weighted by atomic mass is 32.1. The van der Waals surface area contributed by atoms with Crippen LogP contribution in [-0.4, -0.2) is 32.7 Å². The number of aromatic nitrogens is 3. The highest BCUT2D eigenvalue weighted by Gasteiger charge is 2.18. The molecule has 3 heterocycles. The van der Waals surface area contributed by atoms with E-state index < -0.39 is 4.92 Å². The van der Waals surface area contributed by atoms with Gasteiger partial charge in [-0.05, 0) is 37.3 Å². The van der Waals surface area contributed by atoms with Crippen molar-refractivity contribution in [3.63, 3.8) is 0 Å². The molecule has 0 saturated heterocycles. The Kier molecular flexibility index (Phi) is 4.83. The number of amides is 1. The Morgan fingerprint density at radius 3 is 2.75 bits per heavy atom. The molecule has 0 aliphatic heterocycles. The van der Waals surface area contributed by atoms with E-state index in [0.717, 1.165) is 26.4 Å². The summed E-state index contributed by atoms with van der Waals surface area (Å²) in [6, 6.07) is 13.6. The molecule has 2 aromatic carbocycles. The molecule has 1 amide bonds. The number of fused-ring (bicyclic) bond motifs is 2. The van der Waals surface area contributed by atoms with Crippen LogP contribution in [0.4, 0.5) is 11.5 Å². The lowest BCUT2D eigenvalue weighted by molar-refractivity contribution is -0.384. The van der Waals surface area contributed by atoms with E-state index in [4.69, 9.17) is 4.74 Å². The minimum absolute atomic E-state index is 0.0107. The fourth-order valence-corrected chi connectivity index (χ4v) is 5.18. The third-order valence-corrected chi connectivity index (χ3v) is 6.88. The van der Waals surface area contributed by atoms with Crippen molar-refractivity contribution in [1.82, 2.24) is 14.8 Å². The fourth-order valence-electron chi connectivity index (χ4n) is 3.28. The van der Waals surface area contributed by atoms with Crippen molar-refractivity contribution in [2.75, 3.05) is 12.4 Å². The van der Waals surface area contributed by atoms with Crippen molar-refractivity contribution in [3.8, 4) is 10.9 Å². The third-order valence-electron chi connectivity index (χ3n) is 4.77. The summed E-state index contributed by atoms with van der Waals surface area (Å²) in [5.41, 5.74) is 1.52. The van der Waals surface area contributed by atoms with E-state index in [1.807, 2.05) is 25.1 Å². The van der Waals surface area contributed by atoms with E-state index in [-0.39, 0.29) is 11.6 Å². The zero-order valence-electron chi connectivity index (χ0n) is 16.9. The number of nitrogens with one attached hydrogen (secondary N) is 1. The Bertz CT molecular complexity index is 1520. The number of carbonyl (C=O) groups is 1.